The van der Waals surface area contributed by atoms with Gasteiger partial charge in [0.25, 0.3) is 0 Å². The van der Waals surface area contributed by atoms with Crippen molar-refractivity contribution in [3.8, 4) is 0 Å². The van der Waals surface area contributed by atoms with Crippen molar-refractivity contribution in [1.82, 2.24) is 0 Å². The van der Waals surface area contributed by atoms with Gasteiger partial charge in [0.1, 0.15) is 19.3 Å². The Morgan fingerprint density at radius 3 is 1.36 bits per heavy atom. The number of allylic oxidation sites excluding steroid dienone is 4. The highest BCUT2D eigenvalue weighted by Gasteiger charge is 2.12. The first-order valence-electron chi connectivity index (χ1n) is 18.3. The first-order chi connectivity index (χ1) is 21.5. The summed E-state index contributed by atoms with van der Waals surface area (Å²) < 4.78 is 10.3. The molecule has 0 heterocycles. The van der Waals surface area contributed by atoms with E-state index in [-0.39, 0.29) is 30.9 Å². The van der Waals surface area contributed by atoms with Crippen molar-refractivity contribution in [3.63, 3.8) is 0 Å². The highest BCUT2D eigenvalue weighted by Crippen LogP contribution is 2.14. The summed E-state index contributed by atoms with van der Waals surface area (Å²) in [6.07, 6.45) is 34.7. The van der Waals surface area contributed by atoms with E-state index in [4.69, 9.17) is 9.47 Å². The second-order valence-electron chi connectivity index (χ2n) is 12.4. The van der Waals surface area contributed by atoms with Crippen LogP contribution in [0.25, 0.3) is 0 Å². The number of rotatable bonds is 33. The first-order valence-corrected chi connectivity index (χ1v) is 18.3. The molecule has 256 valence electrons. The molecule has 0 aliphatic carbocycles. The molecule has 0 aromatic carbocycles. The molecule has 1 atom stereocenters. The molecule has 44 heavy (non-hydrogen) atoms. The largest absolute Gasteiger partial charge is 0.463 e. The van der Waals surface area contributed by atoms with E-state index in [0.29, 0.717) is 19.3 Å². The molecule has 0 rings (SSSR count). The molecule has 0 aliphatic heterocycles. The molecule has 1 N–H and O–H groups in total. The van der Waals surface area contributed by atoms with Gasteiger partial charge in [-0.15, -0.1) is 0 Å². The lowest BCUT2D eigenvalue weighted by Crippen LogP contribution is -2.25. The second-order valence-corrected chi connectivity index (χ2v) is 12.4. The molecule has 6 nitrogen and oxygen atoms in total. The van der Waals surface area contributed by atoms with Gasteiger partial charge >= 0.3 is 11.9 Å². The van der Waals surface area contributed by atoms with Gasteiger partial charge in [-0.1, -0.05) is 148 Å². The zero-order valence-corrected chi connectivity index (χ0v) is 28.7. The smallest absolute Gasteiger partial charge is 0.305 e. The predicted octanol–water partition coefficient (Wildman–Crippen LogP) is 10.3. The van der Waals surface area contributed by atoms with Gasteiger partial charge in [0.2, 0.25) is 0 Å². The number of hydrogen-bond donors (Lipinski definition) is 1. The average molecular weight is 621 g/mol. The molecule has 0 amide bonds. The summed E-state index contributed by atoms with van der Waals surface area (Å²) in [7, 11) is 0. The van der Waals surface area contributed by atoms with Crippen LogP contribution >= 0.6 is 0 Å². The van der Waals surface area contributed by atoms with Crippen molar-refractivity contribution in [3.05, 3.63) is 24.3 Å². The zero-order valence-electron chi connectivity index (χ0n) is 28.7. The van der Waals surface area contributed by atoms with Crippen LogP contribution in [0.3, 0.4) is 0 Å². The fraction of sp³-hybridized carbons (Fsp3) is 0.816. The molecule has 0 unspecified atom stereocenters. The third-order valence-electron chi connectivity index (χ3n) is 7.92. The minimum Gasteiger partial charge on any atom is -0.463 e. The van der Waals surface area contributed by atoms with Crippen LogP contribution in [0.1, 0.15) is 181 Å². The van der Waals surface area contributed by atoms with Gasteiger partial charge in [0.05, 0.1) is 0 Å². The van der Waals surface area contributed by atoms with Crippen molar-refractivity contribution in [2.24, 2.45) is 0 Å². The van der Waals surface area contributed by atoms with E-state index < -0.39 is 6.10 Å². The molecule has 0 aliphatic rings. The maximum absolute atomic E-state index is 11.9. The van der Waals surface area contributed by atoms with Crippen LogP contribution in [0.2, 0.25) is 0 Å². The van der Waals surface area contributed by atoms with Gasteiger partial charge in [0, 0.05) is 19.3 Å². The number of aliphatic hydroxyl groups is 1. The molecular formula is C38H68O6. The second kappa shape index (κ2) is 33.9. The third-order valence-corrected chi connectivity index (χ3v) is 7.92. The Balaban J connectivity index is 3.52. The van der Waals surface area contributed by atoms with Crippen LogP contribution in [-0.2, 0) is 23.9 Å². The lowest BCUT2D eigenvalue weighted by Gasteiger charge is -2.12. The summed E-state index contributed by atoms with van der Waals surface area (Å²) in [5.74, 6) is -0.492. The molecule has 6 heteroatoms. The van der Waals surface area contributed by atoms with E-state index in [2.05, 4.69) is 19.9 Å². The SMILES string of the molecule is CCCCC/C=C\C=C\C(=O)CCCCCCCC(=O)OC[C@H](O)COC(=O)CCCCCCCCCCCCCCCC. The minimum atomic E-state index is -0.998. The average Bonchev–Trinajstić information content (AvgIpc) is 3.02. The molecule has 0 fully saturated rings. The van der Waals surface area contributed by atoms with E-state index in [1.165, 1.54) is 89.9 Å². The van der Waals surface area contributed by atoms with Crippen molar-refractivity contribution in [1.29, 1.82) is 0 Å². The number of ketones is 1. The molecule has 0 bridgehead atoms. The third kappa shape index (κ3) is 33.0. The minimum absolute atomic E-state index is 0.145. The number of hydrogen-bond acceptors (Lipinski definition) is 6. The molecule has 0 aromatic rings. The van der Waals surface area contributed by atoms with Gasteiger partial charge in [0.15, 0.2) is 5.78 Å². The number of esters is 2. The Hall–Kier alpha value is -1.95. The standard InChI is InChI=1S/C38H68O6/c1-3-5-7-9-11-12-13-14-15-16-17-19-23-27-31-37(41)43-33-36(40)34-44-38(42)32-28-24-20-22-26-30-35(39)29-25-21-18-10-8-6-4-2/h18,21,25,29,36,40H,3-17,19-20,22-24,26-28,30-34H2,1-2H3/b21-18-,29-25+/t36-/m1/s1. The van der Waals surface area contributed by atoms with Crippen molar-refractivity contribution < 1.29 is 29.0 Å². The number of ether oxygens (including phenoxy) is 2. The van der Waals surface area contributed by atoms with E-state index in [1.807, 2.05) is 12.2 Å². The van der Waals surface area contributed by atoms with E-state index >= 15 is 0 Å². The first kappa shape index (κ1) is 42.0. The summed E-state index contributed by atoms with van der Waals surface area (Å²) in [4.78, 5) is 35.7. The summed E-state index contributed by atoms with van der Waals surface area (Å²) in [5.41, 5.74) is 0. The summed E-state index contributed by atoms with van der Waals surface area (Å²) in [5, 5.41) is 9.98. The van der Waals surface area contributed by atoms with E-state index in [0.717, 1.165) is 57.8 Å². The number of unbranched alkanes of at least 4 members (excludes halogenated alkanes) is 20. The predicted molar refractivity (Wildman–Crippen MR) is 183 cm³/mol. The number of carbonyl (C=O) groups is 3. The quantitative estimate of drug-likeness (QED) is 0.0340. The van der Waals surface area contributed by atoms with Crippen LogP contribution < -0.4 is 0 Å². The van der Waals surface area contributed by atoms with Crippen LogP contribution in [0.4, 0.5) is 0 Å². The van der Waals surface area contributed by atoms with Crippen molar-refractivity contribution in [2.75, 3.05) is 13.2 Å². The van der Waals surface area contributed by atoms with Crippen LogP contribution in [0.15, 0.2) is 24.3 Å². The normalized spacial score (nSPS) is 12.2. The highest BCUT2D eigenvalue weighted by atomic mass is 16.6. The summed E-state index contributed by atoms with van der Waals surface area (Å²) >= 11 is 0. The summed E-state index contributed by atoms with van der Waals surface area (Å²) in [6.45, 7) is 4.14. The molecular weight excluding hydrogens is 552 g/mol. The fourth-order valence-corrected chi connectivity index (χ4v) is 5.07. The summed E-state index contributed by atoms with van der Waals surface area (Å²) in [6, 6.07) is 0. The molecule has 0 spiro atoms. The Kier molecular flexibility index (Phi) is 32.4. The van der Waals surface area contributed by atoms with Crippen molar-refractivity contribution >= 4 is 17.7 Å². The van der Waals surface area contributed by atoms with Gasteiger partial charge in [-0.3, -0.25) is 14.4 Å². The number of aliphatic hydroxyl groups excluding tert-OH is 1. The monoisotopic (exact) mass is 621 g/mol. The van der Waals surface area contributed by atoms with Gasteiger partial charge in [-0.05, 0) is 38.2 Å². The van der Waals surface area contributed by atoms with Gasteiger partial charge in [-0.2, -0.15) is 0 Å². The van der Waals surface area contributed by atoms with Crippen molar-refractivity contribution in [2.45, 2.75) is 187 Å². The highest BCUT2D eigenvalue weighted by molar-refractivity contribution is 5.89. The topological polar surface area (TPSA) is 89.9 Å². The van der Waals surface area contributed by atoms with E-state index in [1.54, 1.807) is 6.08 Å². The fourth-order valence-electron chi connectivity index (χ4n) is 5.07. The van der Waals surface area contributed by atoms with Crippen LogP contribution in [0, 0.1) is 0 Å². The maximum Gasteiger partial charge on any atom is 0.305 e. The molecule has 0 radical (unpaired) electrons. The maximum atomic E-state index is 11.9. The molecule has 0 aromatic heterocycles. The molecule has 0 saturated heterocycles. The van der Waals surface area contributed by atoms with Gasteiger partial charge in [-0.25, -0.2) is 0 Å². The Labute approximate surface area is 270 Å². The number of carbonyl (C=O) groups excluding carboxylic acids is 3. The van der Waals surface area contributed by atoms with Crippen LogP contribution in [-0.4, -0.2) is 42.1 Å². The Morgan fingerprint density at radius 2 is 0.909 bits per heavy atom. The Morgan fingerprint density at radius 1 is 0.523 bits per heavy atom. The lowest BCUT2D eigenvalue weighted by molar-refractivity contribution is -0.152. The lowest BCUT2D eigenvalue weighted by atomic mass is 10.0. The van der Waals surface area contributed by atoms with E-state index in [9.17, 15) is 19.5 Å². The molecule has 0 saturated carbocycles. The zero-order chi connectivity index (χ0) is 32.4. The van der Waals surface area contributed by atoms with Gasteiger partial charge < -0.3 is 14.6 Å². The van der Waals surface area contributed by atoms with Crippen LogP contribution in [0.5, 0.6) is 0 Å². The Bertz CT molecular complexity index is 729.